The normalized spacial score (nSPS) is 24.3. The molecule has 2 aliphatic heterocycles. The maximum Gasteiger partial charge on any atom is 0.0934 e. The van der Waals surface area contributed by atoms with Crippen molar-refractivity contribution in [2.24, 2.45) is 0 Å². The number of nitrogens with zero attached hydrogens (tertiary/aromatic N) is 1. The summed E-state index contributed by atoms with van der Waals surface area (Å²) < 4.78 is 6.64. The topological polar surface area (TPSA) is 24.5 Å². The van der Waals surface area contributed by atoms with Crippen LogP contribution < -0.4 is 5.32 Å². The summed E-state index contributed by atoms with van der Waals surface area (Å²) in [7, 11) is 0. The van der Waals surface area contributed by atoms with Crippen molar-refractivity contribution in [3.05, 3.63) is 34.3 Å². The zero-order chi connectivity index (χ0) is 11.7. The SMILES string of the molecule is Brc1ccc(C2(N3CCNCC3)COC2)cc1. The van der Waals surface area contributed by atoms with Crippen molar-refractivity contribution in [2.45, 2.75) is 5.54 Å². The molecule has 0 radical (unpaired) electrons. The van der Waals surface area contributed by atoms with Crippen LogP contribution in [0.3, 0.4) is 0 Å². The van der Waals surface area contributed by atoms with Crippen molar-refractivity contribution in [1.29, 1.82) is 0 Å². The van der Waals surface area contributed by atoms with Crippen LogP contribution in [0.2, 0.25) is 0 Å². The number of hydrogen-bond donors (Lipinski definition) is 1. The number of benzene rings is 1. The molecular weight excluding hydrogens is 280 g/mol. The van der Waals surface area contributed by atoms with E-state index in [4.69, 9.17) is 4.74 Å². The molecule has 0 aliphatic carbocycles. The summed E-state index contributed by atoms with van der Waals surface area (Å²) in [6.45, 7) is 6.04. The summed E-state index contributed by atoms with van der Waals surface area (Å²) in [4.78, 5) is 2.57. The quantitative estimate of drug-likeness (QED) is 0.897. The monoisotopic (exact) mass is 296 g/mol. The molecule has 0 bridgehead atoms. The zero-order valence-corrected chi connectivity index (χ0v) is 11.4. The van der Waals surface area contributed by atoms with Gasteiger partial charge in [0.05, 0.1) is 18.8 Å². The largest absolute Gasteiger partial charge is 0.377 e. The third-order valence-corrected chi connectivity index (χ3v) is 4.31. The zero-order valence-electron chi connectivity index (χ0n) is 9.79. The van der Waals surface area contributed by atoms with Crippen LogP contribution in [0.5, 0.6) is 0 Å². The molecule has 4 heteroatoms. The summed E-state index contributed by atoms with van der Waals surface area (Å²) in [5.74, 6) is 0. The Balaban J connectivity index is 1.87. The number of rotatable bonds is 2. The van der Waals surface area contributed by atoms with E-state index in [9.17, 15) is 0 Å². The standard InChI is InChI=1S/C13H17BrN2O/c14-12-3-1-11(2-4-12)13(9-17-10-13)16-7-5-15-6-8-16/h1-4,15H,5-10H2. The average Bonchev–Trinajstić information content (AvgIpc) is 2.32. The predicted octanol–water partition coefficient (Wildman–Crippen LogP) is 1.58. The van der Waals surface area contributed by atoms with Gasteiger partial charge in [0.1, 0.15) is 0 Å². The second kappa shape index (κ2) is 4.69. The Morgan fingerprint density at radius 1 is 1.12 bits per heavy atom. The maximum absolute atomic E-state index is 5.50. The molecule has 2 heterocycles. The lowest BCUT2D eigenvalue weighted by Crippen LogP contribution is -2.63. The van der Waals surface area contributed by atoms with Crippen LogP contribution >= 0.6 is 15.9 Å². The van der Waals surface area contributed by atoms with Gasteiger partial charge in [-0.15, -0.1) is 0 Å². The second-order valence-corrected chi connectivity index (χ2v) is 5.68. The van der Waals surface area contributed by atoms with Gasteiger partial charge >= 0.3 is 0 Å². The molecule has 2 saturated heterocycles. The number of nitrogens with one attached hydrogen (secondary N) is 1. The molecule has 2 aliphatic rings. The molecule has 1 aromatic carbocycles. The third-order valence-electron chi connectivity index (χ3n) is 3.79. The van der Waals surface area contributed by atoms with Crippen molar-refractivity contribution in [3.63, 3.8) is 0 Å². The minimum atomic E-state index is 0.128. The molecule has 1 aromatic rings. The Labute approximate surface area is 110 Å². The molecular formula is C13H17BrN2O. The first kappa shape index (κ1) is 11.7. The van der Waals surface area contributed by atoms with Crippen LogP contribution in [0.15, 0.2) is 28.7 Å². The van der Waals surface area contributed by atoms with Crippen molar-refractivity contribution in [3.8, 4) is 0 Å². The molecule has 17 heavy (non-hydrogen) atoms. The van der Waals surface area contributed by atoms with Crippen molar-refractivity contribution < 1.29 is 4.74 Å². The molecule has 3 nitrogen and oxygen atoms in total. The Morgan fingerprint density at radius 2 is 1.76 bits per heavy atom. The van der Waals surface area contributed by atoms with E-state index in [1.807, 2.05) is 0 Å². The lowest BCUT2D eigenvalue weighted by Gasteiger charge is -2.51. The maximum atomic E-state index is 5.50. The van der Waals surface area contributed by atoms with Crippen LogP contribution in [0.25, 0.3) is 0 Å². The smallest absolute Gasteiger partial charge is 0.0934 e. The van der Waals surface area contributed by atoms with Crippen molar-refractivity contribution >= 4 is 15.9 Å². The summed E-state index contributed by atoms with van der Waals surface area (Å²) in [5, 5.41) is 3.41. The predicted molar refractivity (Wildman–Crippen MR) is 71.1 cm³/mol. The summed E-state index contributed by atoms with van der Waals surface area (Å²) in [6.07, 6.45) is 0. The average molecular weight is 297 g/mol. The van der Waals surface area contributed by atoms with E-state index in [2.05, 4.69) is 50.4 Å². The molecule has 2 fully saturated rings. The number of hydrogen-bond acceptors (Lipinski definition) is 3. The number of piperazine rings is 1. The van der Waals surface area contributed by atoms with E-state index in [0.29, 0.717) is 0 Å². The van der Waals surface area contributed by atoms with Gasteiger partial charge in [0.2, 0.25) is 0 Å². The fourth-order valence-electron chi connectivity index (χ4n) is 2.68. The van der Waals surface area contributed by atoms with Crippen molar-refractivity contribution in [2.75, 3.05) is 39.4 Å². The highest BCUT2D eigenvalue weighted by atomic mass is 79.9. The molecule has 1 N–H and O–H groups in total. The van der Waals surface area contributed by atoms with Gasteiger partial charge in [-0.05, 0) is 17.7 Å². The van der Waals surface area contributed by atoms with E-state index in [1.165, 1.54) is 5.56 Å². The van der Waals surface area contributed by atoms with E-state index < -0.39 is 0 Å². The first-order valence-electron chi connectivity index (χ1n) is 6.11. The molecule has 0 atom stereocenters. The van der Waals surface area contributed by atoms with Gasteiger partial charge in [0, 0.05) is 30.7 Å². The van der Waals surface area contributed by atoms with Crippen LogP contribution in [0.1, 0.15) is 5.56 Å². The minimum Gasteiger partial charge on any atom is -0.377 e. The summed E-state index contributed by atoms with van der Waals surface area (Å²) in [5.41, 5.74) is 1.51. The lowest BCUT2D eigenvalue weighted by atomic mass is 9.85. The summed E-state index contributed by atoms with van der Waals surface area (Å²) in [6, 6.07) is 8.68. The van der Waals surface area contributed by atoms with Crippen LogP contribution in [0.4, 0.5) is 0 Å². The highest BCUT2D eigenvalue weighted by Gasteiger charge is 2.45. The Morgan fingerprint density at radius 3 is 2.29 bits per heavy atom. The van der Waals surface area contributed by atoms with Gasteiger partial charge < -0.3 is 10.1 Å². The van der Waals surface area contributed by atoms with Gasteiger partial charge in [-0.25, -0.2) is 0 Å². The number of ether oxygens (including phenoxy) is 1. The molecule has 0 saturated carbocycles. The molecule has 0 unspecified atom stereocenters. The first-order chi connectivity index (χ1) is 8.31. The Hall–Kier alpha value is -0.420. The highest BCUT2D eigenvalue weighted by Crippen LogP contribution is 2.36. The first-order valence-corrected chi connectivity index (χ1v) is 6.90. The fraction of sp³-hybridized carbons (Fsp3) is 0.538. The molecule has 92 valence electrons. The minimum absolute atomic E-state index is 0.128. The lowest BCUT2D eigenvalue weighted by molar-refractivity contribution is -0.149. The van der Waals surface area contributed by atoms with E-state index >= 15 is 0 Å². The molecule has 0 spiro atoms. The second-order valence-electron chi connectivity index (χ2n) is 4.77. The Bertz CT molecular complexity index is 383. The van der Waals surface area contributed by atoms with Gasteiger partial charge in [0.25, 0.3) is 0 Å². The fourth-order valence-corrected chi connectivity index (χ4v) is 2.94. The van der Waals surface area contributed by atoms with E-state index in [-0.39, 0.29) is 5.54 Å². The molecule has 3 rings (SSSR count). The highest BCUT2D eigenvalue weighted by molar-refractivity contribution is 9.10. The van der Waals surface area contributed by atoms with Crippen LogP contribution in [-0.4, -0.2) is 44.3 Å². The van der Waals surface area contributed by atoms with E-state index in [0.717, 1.165) is 43.9 Å². The van der Waals surface area contributed by atoms with Gasteiger partial charge in [-0.1, -0.05) is 28.1 Å². The van der Waals surface area contributed by atoms with Crippen molar-refractivity contribution in [1.82, 2.24) is 10.2 Å². The van der Waals surface area contributed by atoms with Gasteiger partial charge in [-0.3, -0.25) is 4.90 Å². The van der Waals surface area contributed by atoms with Crippen LogP contribution in [-0.2, 0) is 10.3 Å². The molecule has 0 aromatic heterocycles. The number of halogens is 1. The van der Waals surface area contributed by atoms with Gasteiger partial charge in [0.15, 0.2) is 0 Å². The van der Waals surface area contributed by atoms with E-state index in [1.54, 1.807) is 0 Å². The third kappa shape index (κ3) is 2.03. The molecule has 0 amide bonds. The summed E-state index contributed by atoms with van der Waals surface area (Å²) >= 11 is 3.49. The van der Waals surface area contributed by atoms with Crippen LogP contribution in [0, 0.1) is 0 Å². The Kier molecular flexibility index (Phi) is 3.21. The van der Waals surface area contributed by atoms with Gasteiger partial charge in [-0.2, -0.15) is 0 Å².